The molecule has 1 aliphatic heterocycles. The van der Waals surface area contributed by atoms with Crippen LogP contribution < -0.4 is 0 Å². The molecule has 0 bridgehead atoms. The van der Waals surface area contributed by atoms with Crippen molar-refractivity contribution in [1.82, 2.24) is 9.80 Å². The van der Waals surface area contributed by atoms with E-state index in [0.29, 0.717) is 32.6 Å². The second-order valence-corrected chi connectivity index (χ2v) is 7.60. The van der Waals surface area contributed by atoms with Crippen molar-refractivity contribution in [3.63, 3.8) is 0 Å². The molecule has 0 spiro atoms. The van der Waals surface area contributed by atoms with Crippen LogP contribution in [0.3, 0.4) is 0 Å². The second kappa shape index (κ2) is 7.32. The Hall–Kier alpha value is -1.91. The highest BCUT2D eigenvalue weighted by atomic mass is 19.1. The lowest BCUT2D eigenvalue weighted by atomic mass is 9.94. The van der Waals surface area contributed by atoms with Crippen molar-refractivity contribution in [3.8, 4) is 0 Å². The Morgan fingerprint density at radius 3 is 2.04 bits per heavy atom. The normalized spacial score (nSPS) is 16.9. The zero-order valence-corrected chi connectivity index (χ0v) is 15.0. The molecule has 0 aromatic heterocycles. The number of halogens is 1. The molecule has 5 heteroatoms. The van der Waals surface area contributed by atoms with E-state index in [2.05, 4.69) is 0 Å². The molecule has 1 saturated heterocycles. The SMILES string of the molecule is CC(Cc1ccc(F)cc1)C(=O)N1CCN(C(=O)C(C)(C)C)CC1. The van der Waals surface area contributed by atoms with Crippen LogP contribution in [0.15, 0.2) is 24.3 Å². The van der Waals surface area contributed by atoms with E-state index in [-0.39, 0.29) is 29.0 Å². The fourth-order valence-corrected chi connectivity index (χ4v) is 2.98. The summed E-state index contributed by atoms with van der Waals surface area (Å²) in [4.78, 5) is 28.6. The Kier molecular flexibility index (Phi) is 5.62. The zero-order chi connectivity index (χ0) is 17.9. The number of carbonyl (C=O) groups excluding carboxylic acids is 2. The third-order valence-electron chi connectivity index (χ3n) is 4.40. The standard InChI is InChI=1S/C19H27FN2O2/c1-14(13-15-5-7-16(20)8-6-15)17(23)21-9-11-22(12-10-21)18(24)19(2,3)4/h5-8,14H,9-13H2,1-4H3. The summed E-state index contributed by atoms with van der Waals surface area (Å²) in [5.74, 6) is -0.186. The first-order valence-corrected chi connectivity index (χ1v) is 8.51. The number of amides is 2. The van der Waals surface area contributed by atoms with Gasteiger partial charge in [-0.25, -0.2) is 4.39 Å². The number of hydrogen-bond acceptors (Lipinski definition) is 2. The minimum absolute atomic E-state index is 0.0992. The molecule has 1 atom stereocenters. The molecule has 1 fully saturated rings. The van der Waals surface area contributed by atoms with Gasteiger partial charge >= 0.3 is 0 Å². The molecule has 1 aromatic rings. The molecule has 0 aliphatic carbocycles. The van der Waals surface area contributed by atoms with Gasteiger partial charge in [0.25, 0.3) is 0 Å². The Bertz CT molecular complexity index is 584. The van der Waals surface area contributed by atoms with Crippen molar-refractivity contribution in [3.05, 3.63) is 35.6 Å². The van der Waals surface area contributed by atoms with Crippen LogP contribution >= 0.6 is 0 Å². The Labute approximate surface area is 143 Å². The molecule has 2 rings (SSSR count). The summed E-state index contributed by atoms with van der Waals surface area (Å²) in [6.45, 7) is 9.98. The first kappa shape index (κ1) is 18.4. The first-order chi connectivity index (χ1) is 11.2. The maximum atomic E-state index is 13.0. The second-order valence-electron chi connectivity index (χ2n) is 7.60. The summed E-state index contributed by atoms with van der Waals surface area (Å²) in [6.07, 6.45) is 0.597. The van der Waals surface area contributed by atoms with Crippen LogP contribution in [0.4, 0.5) is 4.39 Å². The van der Waals surface area contributed by atoms with Crippen molar-refractivity contribution >= 4 is 11.8 Å². The molecular formula is C19H27FN2O2. The van der Waals surface area contributed by atoms with Crippen LogP contribution in [0.5, 0.6) is 0 Å². The van der Waals surface area contributed by atoms with Gasteiger partial charge in [0.1, 0.15) is 5.82 Å². The van der Waals surface area contributed by atoms with Crippen LogP contribution in [-0.4, -0.2) is 47.8 Å². The topological polar surface area (TPSA) is 40.6 Å². The molecule has 2 amide bonds. The van der Waals surface area contributed by atoms with E-state index < -0.39 is 0 Å². The number of hydrogen-bond donors (Lipinski definition) is 0. The van der Waals surface area contributed by atoms with Gasteiger partial charge in [-0.15, -0.1) is 0 Å². The largest absolute Gasteiger partial charge is 0.339 e. The zero-order valence-electron chi connectivity index (χ0n) is 15.0. The molecule has 0 saturated carbocycles. The van der Waals surface area contributed by atoms with E-state index >= 15 is 0 Å². The number of carbonyl (C=O) groups is 2. The van der Waals surface area contributed by atoms with Gasteiger partial charge in [-0.1, -0.05) is 39.8 Å². The molecule has 132 valence electrons. The monoisotopic (exact) mass is 334 g/mol. The minimum atomic E-state index is -0.387. The quantitative estimate of drug-likeness (QED) is 0.853. The van der Waals surface area contributed by atoms with Gasteiger partial charge in [0, 0.05) is 37.5 Å². The van der Waals surface area contributed by atoms with E-state index in [1.54, 1.807) is 12.1 Å². The van der Waals surface area contributed by atoms with Crippen LogP contribution in [0.2, 0.25) is 0 Å². The van der Waals surface area contributed by atoms with Gasteiger partial charge in [0.2, 0.25) is 11.8 Å². The number of rotatable bonds is 3. The van der Waals surface area contributed by atoms with Crippen molar-refractivity contribution in [1.29, 1.82) is 0 Å². The lowest BCUT2D eigenvalue weighted by Gasteiger charge is -2.38. The molecule has 0 radical (unpaired) electrons. The van der Waals surface area contributed by atoms with Gasteiger partial charge in [0.05, 0.1) is 0 Å². The maximum Gasteiger partial charge on any atom is 0.228 e. The predicted octanol–water partition coefficient (Wildman–Crippen LogP) is 2.72. The van der Waals surface area contributed by atoms with Crippen molar-refractivity contribution in [2.24, 2.45) is 11.3 Å². The van der Waals surface area contributed by atoms with Crippen LogP contribution in [0.25, 0.3) is 0 Å². The molecule has 1 aromatic carbocycles. The number of benzene rings is 1. The predicted molar refractivity (Wildman–Crippen MR) is 91.9 cm³/mol. The van der Waals surface area contributed by atoms with Crippen LogP contribution in [0.1, 0.15) is 33.3 Å². The number of piperazine rings is 1. The molecule has 0 N–H and O–H groups in total. The lowest BCUT2D eigenvalue weighted by molar-refractivity contribution is -0.146. The Morgan fingerprint density at radius 1 is 1.04 bits per heavy atom. The third kappa shape index (κ3) is 4.56. The van der Waals surface area contributed by atoms with E-state index in [9.17, 15) is 14.0 Å². The highest BCUT2D eigenvalue weighted by molar-refractivity contribution is 5.82. The fourth-order valence-electron chi connectivity index (χ4n) is 2.98. The molecule has 1 unspecified atom stereocenters. The Balaban J connectivity index is 1.88. The van der Waals surface area contributed by atoms with Gasteiger partial charge in [0.15, 0.2) is 0 Å². The maximum absolute atomic E-state index is 13.0. The first-order valence-electron chi connectivity index (χ1n) is 8.51. The van der Waals surface area contributed by atoms with Crippen LogP contribution in [0, 0.1) is 17.2 Å². The summed E-state index contributed by atoms with van der Waals surface area (Å²) in [5.41, 5.74) is 0.570. The molecule has 4 nitrogen and oxygen atoms in total. The summed E-state index contributed by atoms with van der Waals surface area (Å²) < 4.78 is 13.0. The van der Waals surface area contributed by atoms with E-state index in [4.69, 9.17) is 0 Å². The van der Waals surface area contributed by atoms with E-state index in [1.807, 2.05) is 37.5 Å². The minimum Gasteiger partial charge on any atom is -0.339 e. The smallest absolute Gasteiger partial charge is 0.228 e. The summed E-state index contributed by atoms with van der Waals surface area (Å²) in [6, 6.07) is 6.28. The van der Waals surface area contributed by atoms with Crippen molar-refractivity contribution in [2.45, 2.75) is 34.1 Å². The van der Waals surface area contributed by atoms with Gasteiger partial charge in [-0.2, -0.15) is 0 Å². The highest BCUT2D eigenvalue weighted by Crippen LogP contribution is 2.19. The summed E-state index contributed by atoms with van der Waals surface area (Å²) in [7, 11) is 0. The number of nitrogens with zero attached hydrogens (tertiary/aromatic N) is 2. The van der Waals surface area contributed by atoms with Gasteiger partial charge in [-0.05, 0) is 24.1 Å². The van der Waals surface area contributed by atoms with Gasteiger partial charge < -0.3 is 9.80 Å². The molecular weight excluding hydrogens is 307 g/mol. The summed E-state index contributed by atoms with van der Waals surface area (Å²) in [5, 5.41) is 0. The average Bonchev–Trinajstić information content (AvgIpc) is 2.55. The van der Waals surface area contributed by atoms with Gasteiger partial charge in [-0.3, -0.25) is 9.59 Å². The van der Waals surface area contributed by atoms with Crippen molar-refractivity contribution < 1.29 is 14.0 Å². The van der Waals surface area contributed by atoms with E-state index in [1.165, 1.54) is 12.1 Å². The molecule has 1 aliphatic rings. The highest BCUT2D eigenvalue weighted by Gasteiger charge is 2.31. The third-order valence-corrected chi connectivity index (χ3v) is 4.40. The Morgan fingerprint density at radius 2 is 1.54 bits per heavy atom. The lowest BCUT2D eigenvalue weighted by Crippen LogP contribution is -2.54. The summed E-state index contributed by atoms with van der Waals surface area (Å²) >= 11 is 0. The fraction of sp³-hybridized carbons (Fsp3) is 0.579. The van der Waals surface area contributed by atoms with E-state index in [0.717, 1.165) is 5.56 Å². The molecule has 1 heterocycles. The molecule has 24 heavy (non-hydrogen) atoms. The average molecular weight is 334 g/mol. The van der Waals surface area contributed by atoms with Crippen molar-refractivity contribution in [2.75, 3.05) is 26.2 Å². The van der Waals surface area contributed by atoms with Crippen LogP contribution in [-0.2, 0) is 16.0 Å².